The highest BCUT2D eigenvalue weighted by Crippen LogP contribution is 2.46. The number of benzene rings is 2. The van der Waals surface area contributed by atoms with E-state index in [4.69, 9.17) is 21.4 Å². The Morgan fingerprint density at radius 3 is 2.56 bits per heavy atom. The molecule has 0 bridgehead atoms. The number of pyridine rings is 1. The highest BCUT2D eigenvalue weighted by Gasteiger charge is 2.29. The Morgan fingerprint density at radius 2 is 1.79 bits per heavy atom. The van der Waals surface area contributed by atoms with Crippen molar-refractivity contribution in [2.24, 2.45) is 0 Å². The fourth-order valence-electron chi connectivity index (χ4n) is 6.98. The summed E-state index contributed by atoms with van der Waals surface area (Å²) in [6.07, 6.45) is 7.70. The maximum atomic E-state index is 13.8. The molecule has 1 fully saturated rings. The molecule has 1 unspecified atom stereocenters. The average Bonchev–Trinajstić information content (AvgIpc) is 3.75. The lowest BCUT2D eigenvalue weighted by molar-refractivity contribution is 0.247. The van der Waals surface area contributed by atoms with Gasteiger partial charge in [0.15, 0.2) is 5.65 Å². The first kappa shape index (κ1) is 36.2. The lowest BCUT2D eigenvalue weighted by Crippen LogP contribution is -2.35. The fraction of sp³-hybridized carbons (Fsp3) is 0.436. The van der Waals surface area contributed by atoms with Crippen molar-refractivity contribution in [3.63, 3.8) is 0 Å². The summed E-state index contributed by atoms with van der Waals surface area (Å²) in [6, 6.07) is 19.9. The number of carbonyl (C=O) groups is 1. The predicted octanol–water partition coefficient (Wildman–Crippen LogP) is 7.50. The van der Waals surface area contributed by atoms with Crippen molar-refractivity contribution in [3.05, 3.63) is 88.7 Å². The van der Waals surface area contributed by atoms with E-state index in [-0.39, 0.29) is 17.5 Å². The van der Waals surface area contributed by atoms with Crippen LogP contribution in [0.3, 0.4) is 0 Å². The number of halogens is 1. The Labute approximate surface area is 312 Å². The summed E-state index contributed by atoms with van der Waals surface area (Å²) in [6.45, 7) is 9.63. The normalized spacial score (nSPS) is 17.9. The largest absolute Gasteiger partial charge is 0.491 e. The molecular weight excluding hydrogens is 693 g/mol. The molecule has 1 aliphatic heterocycles. The number of amides is 2. The number of fused-ring (bicyclic) bond motifs is 2. The third-order valence-corrected chi connectivity index (χ3v) is 11.7. The van der Waals surface area contributed by atoms with Crippen LogP contribution in [-0.4, -0.2) is 75.6 Å². The molecule has 2 amide bonds. The monoisotopic (exact) mass is 741 g/mol. The second-order valence-electron chi connectivity index (χ2n) is 15.1. The van der Waals surface area contributed by atoms with Gasteiger partial charge in [0, 0.05) is 49.0 Å². The number of piperidine rings is 1. The number of aromatic nitrogens is 5. The zero-order chi connectivity index (χ0) is 36.4. The number of rotatable bonds is 10. The van der Waals surface area contributed by atoms with E-state index in [0.717, 1.165) is 55.5 Å². The number of carbonyl (C=O) groups excluding carboxylic acids is 1. The predicted molar refractivity (Wildman–Crippen MR) is 212 cm³/mol. The van der Waals surface area contributed by atoms with E-state index in [2.05, 4.69) is 98.4 Å². The molecule has 1 saturated heterocycles. The molecule has 52 heavy (non-hydrogen) atoms. The minimum Gasteiger partial charge on any atom is -0.491 e. The number of nitrogens with one attached hydrogen (secondary N) is 2. The van der Waals surface area contributed by atoms with Gasteiger partial charge >= 0.3 is 6.03 Å². The third-order valence-electron chi connectivity index (χ3n) is 9.84. The number of likely N-dealkylation sites (N-methyl/N-ethyl adjacent to an activating group) is 1. The lowest BCUT2D eigenvalue weighted by atomic mass is 9.87. The first-order valence-electron chi connectivity index (χ1n) is 18.2. The van der Waals surface area contributed by atoms with Crippen molar-refractivity contribution in [1.29, 1.82) is 0 Å². The number of hydrogen-bond donors (Lipinski definition) is 2. The maximum absolute atomic E-state index is 13.8. The molecule has 2 aromatic carbocycles. The van der Waals surface area contributed by atoms with Gasteiger partial charge in [0.25, 0.3) is 0 Å². The molecule has 4 heterocycles. The van der Waals surface area contributed by atoms with Gasteiger partial charge in [-0.2, -0.15) is 5.10 Å². The van der Waals surface area contributed by atoms with Crippen molar-refractivity contribution in [2.75, 3.05) is 50.6 Å². The Hall–Kier alpha value is -4.18. The smallest absolute Gasteiger partial charge is 0.320 e. The van der Waals surface area contributed by atoms with Gasteiger partial charge in [0.1, 0.15) is 18.2 Å². The van der Waals surface area contributed by atoms with Crippen LogP contribution in [0.25, 0.3) is 11.3 Å². The van der Waals surface area contributed by atoms with Gasteiger partial charge < -0.3 is 19.9 Å². The molecule has 13 heteroatoms. The van der Waals surface area contributed by atoms with Crippen LogP contribution in [0.15, 0.2) is 66.9 Å². The second-order valence-corrected chi connectivity index (χ2v) is 17.1. The zero-order valence-electron chi connectivity index (χ0n) is 30.7. The van der Waals surface area contributed by atoms with Crippen LogP contribution >= 0.6 is 20.2 Å². The number of hydrogen-bond acceptors (Lipinski definition) is 7. The number of nitrogens with zero attached hydrogens (tertiary/aromatic N) is 7. The summed E-state index contributed by atoms with van der Waals surface area (Å²) in [5.41, 5.74) is 5.07. The number of urea groups is 1. The minimum atomic E-state index is -0.276. The van der Waals surface area contributed by atoms with Gasteiger partial charge in [-0.3, -0.25) is 9.72 Å². The standard InChI is InChI=1S/C39H49ClN9O2P/c1-39(2,3)34-24-36(49(45-34)26-13-15-30(40)32(23-26)51-22-21-46(4)5)42-37(50)41-31-16-17-33(29-12-8-7-11-28(29)31)52-27-14-18-35-43-44-38(48(35)25-27)47-19-9-6-10-20-47/h7-8,11-15,18,23-25,31,33,52H,6,9-10,16-17,19-22H2,1-5H3,(H2,41,42,50)/t31-,33+/m0/s1. The van der Waals surface area contributed by atoms with E-state index in [0.29, 0.717) is 37.4 Å². The maximum Gasteiger partial charge on any atom is 0.320 e. The zero-order valence-corrected chi connectivity index (χ0v) is 32.5. The average molecular weight is 742 g/mol. The summed E-state index contributed by atoms with van der Waals surface area (Å²) >= 11 is 6.50. The van der Waals surface area contributed by atoms with E-state index in [9.17, 15) is 4.79 Å². The summed E-state index contributed by atoms with van der Waals surface area (Å²) in [7, 11) is 4.58. The third kappa shape index (κ3) is 8.07. The lowest BCUT2D eigenvalue weighted by Gasteiger charge is -2.32. The Morgan fingerprint density at radius 1 is 1.00 bits per heavy atom. The molecule has 2 aliphatic rings. The molecule has 1 aliphatic carbocycles. The first-order valence-corrected chi connectivity index (χ1v) is 19.7. The summed E-state index contributed by atoms with van der Waals surface area (Å²) in [4.78, 5) is 18.2. The van der Waals surface area contributed by atoms with Gasteiger partial charge in [0.2, 0.25) is 5.95 Å². The second kappa shape index (κ2) is 15.4. The molecule has 0 saturated carbocycles. The van der Waals surface area contributed by atoms with Gasteiger partial charge in [-0.1, -0.05) is 65.2 Å². The fourth-order valence-corrected chi connectivity index (χ4v) is 8.67. The van der Waals surface area contributed by atoms with Crippen molar-refractivity contribution in [3.8, 4) is 11.4 Å². The SMILES string of the molecule is CN(C)CCOc1cc(-n2nc(C(C)(C)C)cc2NC(=O)N[C@H]2CC[C@@H](Pc3ccc4nnc(N5CCCCC5)n4c3)c3ccccc32)ccc1Cl. The van der Waals surface area contributed by atoms with Gasteiger partial charge in [0.05, 0.1) is 22.4 Å². The van der Waals surface area contributed by atoms with Crippen LogP contribution in [-0.2, 0) is 5.41 Å². The minimum absolute atomic E-state index is 0.117. The van der Waals surface area contributed by atoms with E-state index >= 15 is 0 Å². The van der Waals surface area contributed by atoms with Crippen LogP contribution in [0, 0.1) is 0 Å². The van der Waals surface area contributed by atoms with Crippen LogP contribution < -0.4 is 25.6 Å². The summed E-state index contributed by atoms with van der Waals surface area (Å²) < 4.78 is 9.92. The van der Waals surface area contributed by atoms with E-state index in [1.807, 2.05) is 32.3 Å². The van der Waals surface area contributed by atoms with Crippen LogP contribution in [0.1, 0.15) is 81.4 Å². The molecule has 3 aromatic heterocycles. The first-order chi connectivity index (χ1) is 25.0. The van der Waals surface area contributed by atoms with Crippen molar-refractivity contribution in [1.82, 2.24) is 34.6 Å². The van der Waals surface area contributed by atoms with Crippen LogP contribution in [0.2, 0.25) is 5.02 Å². The number of anilines is 2. The van der Waals surface area contributed by atoms with Gasteiger partial charge in [-0.25, -0.2) is 9.48 Å². The quantitative estimate of drug-likeness (QED) is 0.143. The van der Waals surface area contributed by atoms with Gasteiger partial charge in [-0.05, 0) is 86.9 Å². The Kier molecular flexibility index (Phi) is 10.7. The molecule has 0 spiro atoms. The highest BCUT2D eigenvalue weighted by atomic mass is 35.5. The Balaban J connectivity index is 1.08. The molecule has 2 N–H and O–H groups in total. The molecule has 11 nitrogen and oxygen atoms in total. The van der Waals surface area contributed by atoms with E-state index < -0.39 is 0 Å². The molecule has 0 radical (unpaired) electrons. The van der Waals surface area contributed by atoms with Crippen molar-refractivity contribution >= 4 is 48.9 Å². The van der Waals surface area contributed by atoms with Crippen LogP contribution in [0.4, 0.5) is 16.6 Å². The van der Waals surface area contributed by atoms with E-state index in [1.54, 1.807) is 10.7 Å². The van der Waals surface area contributed by atoms with Crippen LogP contribution in [0.5, 0.6) is 5.75 Å². The van der Waals surface area contributed by atoms with Gasteiger partial charge in [-0.15, -0.1) is 10.2 Å². The summed E-state index contributed by atoms with van der Waals surface area (Å²) in [5, 5.41) is 22.1. The molecular formula is C39H49ClN9O2P. The van der Waals surface area contributed by atoms with Crippen molar-refractivity contribution in [2.45, 2.75) is 70.0 Å². The molecule has 5 aromatic rings. The molecule has 7 rings (SSSR count). The van der Waals surface area contributed by atoms with Crippen molar-refractivity contribution < 1.29 is 9.53 Å². The summed E-state index contributed by atoms with van der Waals surface area (Å²) in [5.74, 6) is 2.09. The number of ether oxygens (including phenoxy) is 1. The molecule has 274 valence electrons. The molecule has 3 atom stereocenters. The topological polar surface area (TPSA) is 105 Å². The Bertz CT molecular complexity index is 2030. The highest BCUT2D eigenvalue weighted by molar-refractivity contribution is 7.47. The van der Waals surface area contributed by atoms with E-state index in [1.165, 1.54) is 35.7 Å².